The highest BCUT2D eigenvalue weighted by molar-refractivity contribution is 6.05. The van der Waals surface area contributed by atoms with Crippen molar-refractivity contribution in [2.24, 2.45) is 0 Å². The van der Waals surface area contributed by atoms with Crippen LogP contribution in [0.3, 0.4) is 0 Å². The van der Waals surface area contributed by atoms with E-state index in [1.54, 1.807) is 0 Å². The molecule has 7 heterocycles. The van der Waals surface area contributed by atoms with Crippen LogP contribution in [-0.2, 0) is 18.0 Å². The lowest BCUT2D eigenvalue weighted by Gasteiger charge is -2.41. The standard InChI is InChI=1S/C34H34F3N7O3/c1-42-12-18-3-4-19(13-42)44(18)32-27-23-15-45-14-22(23)25(20-5-6-24(36)30-26(20)21(10-38)31(39)47-30)28(37)29(27)40-33(41-32)46-16-34-7-2-8-43(34)11-17(35)9-34/h5-6,17-19H,2-4,7-9,11-16,39H2,1H3/t17?,18?,19?,34-/m0/s1. The van der Waals surface area contributed by atoms with E-state index in [9.17, 15) is 14.0 Å². The van der Waals surface area contributed by atoms with Crippen LogP contribution in [0.5, 0.6) is 6.01 Å². The van der Waals surface area contributed by atoms with E-state index in [2.05, 4.69) is 21.7 Å². The molecule has 2 aromatic heterocycles. The second-order valence-electron chi connectivity index (χ2n) is 13.8. The molecule has 2 bridgehead atoms. The van der Waals surface area contributed by atoms with Crippen molar-refractivity contribution in [3.63, 3.8) is 0 Å². The van der Waals surface area contributed by atoms with Gasteiger partial charge in [-0.05, 0) is 62.0 Å². The van der Waals surface area contributed by atoms with Gasteiger partial charge in [-0.1, -0.05) is 6.07 Å². The van der Waals surface area contributed by atoms with E-state index < -0.39 is 23.3 Å². The Kier molecular flexibility index (Phi) is 6.45. The van der Waals surface area contributed by atoms with Crippen molar-refractivity contribution in [2.45, 2.75) is 69.1 Å². The molecule has 5 aliphatic rings. The monoisotopic (exact) mass is 645 g/mol. The summed E-state index contributed by atoms with van der Waals surface area (Å²) < 4.78 is 64.6. The smallest absolute Gasteiger partial charge is 0.319 e. The van der Waals surface area contributed by atoms with E-state index in [4.69, 9.17) is 29.6 Å². The van der Waals surface area contributed by atoms with Gasteiger partial charge in [-0.15, -0.1) is 0 Å². The summed E-state index contributed by atoms with van der Waals surface area (Å²) in [7, 11) is 2.11. The first-order chi connectivity index (χ1) is 22.8. The molecule has 4 saturated heterocycles. The predicted octanol–water partition coefficient (Wildman–Crippen LogP) is 5.04. The first kappa shape index (κ1) is 29.1. The number of halogens is 3. The Hall–Kier alpha value is -4.12. The third kappa shape index (κ3) is 4.20. The van der Waals surface area contributed by atoms with Gasteiger partial charge in [0.15, 0.2) is 17.2 Å². The number of rotatable bonds is 5. The molecule has 244 valence electrons. The number of likely N-dealkylation sites (N-methyl/N-ethyl adjacent to an activating group) is 1. The lowest BCUT2D eigenvalue weighted by Crippen LogP contribution is -2.53. The van der Waals surface area contributed by atoms with E-state index in [1.165, 1.54) is 12.1 Å². The number of anilines is 2. The summed E-state index contributed by atoms with van der Waals surface area (Å²) in [6, 6.07) is 5.02. The highest BCUT2D eigenvalue weighted by atomic mass is 19.1. The van der Waals surface area contributed by atoms with Gasteiger partial charge in [0.25, 0.3) is 0 Å². The van der Waals surface area contributed by atoms with Gasteiger partial charge < -0.3 is 29.4 Å². The van der Waals surface area contributed by atoms with Crippen LogP contribution in [0.25, 0.3) is 33.0 Å². The topological polar surface area (TPSA) is 117 Å². The first-order valence-electron chi connectivity index (χ1n) is 16.3. The molecule has 0 aliphatic carbocycles. The van der Waals surface area contributed by atoms with Crippen LogP contribution in [0.2, 0.25) is 0 Å². The SMILES string of the molecule is CN1CC2CCC(C1)N2c1nc(OC[C@@]23CCCN2CC(F)C3)nc2c(F)c(-c3ccc(F)c4oc(N)c(C#N)c34)c3c(c12)COC3. The number of hydrogen-bond acceptors (Lipinski definition) is 10. The summed E-state index contributed by atoms with van der Waals surface area (Å²) >= 11 is 0. The molecule has 47 heavy (non-hydrogen) atoms. The van der Waals surface area contributed by atoms with Crippen molar-refractivity contribution in [2.75, 3.05) is 50.5 Å². The summed E-state index contributed by atoms with van der Waals surface area (Å²) in [6.45, 7) is 3.42. The summed E-state index contributed by atoms with van der Waals surface area (Å²) in [5.74, 6) is -0.986. The highest BCUT2D eigenvalue weighted by Crippen LogP contribution is 2.48. The fourth-order valence-corrected chi connectivity index (χ4v) is 9.14. The zero-order valence-corrected chi connectivity index (χ0v) is 26.0. The highest BCUT2D eigenvalue weighted by Gasteiger charge is 2.50. The first-order valence-corrected chi connectivity index (χ1v) is 16.3. The van der Waals surface area contributed by atoms with Crippen molar-refractivity contribution < 1.29 is 27.1 Å². The Morgan fingerprint density at radius 1 is 1.11 bits per heavy atom. The molecular weight excluding hydrogens is 611 g/mol. The van der Waals surface area contributed by atoms with E-state index >= 15 is 4.39 Å². The van der Waals surface area contributed by atoms with Crippen LogP contribution in [0.1, 0.15) is 48.8 Å². The normalized spacial score (nSPS) is 27.2. The Morgan fingerprint density at radius 3 is 2.68 bits per heavy atom. The number of hydrogen-bond donors (Lipinski definition) is 1. The van der Waals surface area contributed by atoms with E-state index in [0.29, 0.717) is 29.7 Å². The van der Waals surface area contributed by atoms with Gasteiger partial charge in [0.05, 0.1) is 29.5 Å². The van der Waals surface area contributed by atoms with Gasteiger partial charge in [0, 0.05) is 43.7 Å². The lowest BCUT2D eigenvalue weighted by molar-refractivity contribution is 0.107. The van der Waals surface area contributed by atoms with Crippen LogP contribution in [0, 0.1) is 23.0 Å². The van der Waals surface area contributed by atoms with Crippen LogP contribution < -0.4 is 15.4 Å². The maximum Gasteiger partial charge on any atom is 0.319 e. The Labute approximate surface area is 268 Å². The predicted molar refractivity (Wildman–Crippen MR) is 168 cm³/mol. The fraction of sp³-hybridized carbons (Fsp3) is 0.500. The van der Waals surface area contributed by atoms with E-state index in [1.807, 2.05) is 6.07 Å². The second-order valence-corrected chi connectivity index (χ2v) is 13.8. The van der Waals surface area contributed by atoms with Crippen LogP contribution in [-0.4, -0.2) is 83.4 Å². The number of nitrogen functional groups attached to an aromatic ring is 1. The van der Waals surface area contributed by atoms with Gasteiger partial charge >= 0.3 is 6.01 Å². The molecule has 13 heteroatoms. The maximum absolute atomic E-state index is 17.4. The number of ether oxygens (including phenoxy) is 2. The van der Waals surface area contributed by atoms with Gasteiger partial charge in [-0.25, -0.2) is 13.2 Å². The molecule has 4 aromatic rings. The second kappa shape index (κ2) is 10.4. The Balaban J connectivity index is 1.27. The van der Waals surface area contributed by atoms with Crippen molar-refractivity contribution >= 4 is 33.6 Å². The summed E-state index contributed by atoms with van der Waals surface area (Å²) in [5, 5.41) is 10.6. The van der Waals surface area contributed by atoms with Crippen LogP contribution >= 0.6 is 0 Å². The third-order valence-corrected chi connectivity index (χ3v) is 11.1. The zero-order chi connectivity index (χ0) is 32.2. The van der Waals surface area contributed by atoms with Crippen LogP contribution in [0.4, 0.5) is 24.9 Å². The summed E-state index contributed by atoms with van der Waals surface area (Å²) in [6.07, 6.45) is 3.21. The van der Waals surface area contributed by atoms with Crippen molar-refractivity contribution in [1.82, 2.24) is 19.8 Å². The number of aromatic nitrogens is 2. The number of piperazine rings is 1. The van der Waals surface area contributed by atoms with Gasteiger partial charge in [0.2, 0.25) is 5.88 Å². The number of fused-ring (bicyclic) bond motifs is 7. The van der Waals surface area contributed by atoms with Gasteiger partial charge in [0.1, 0.15) is 35.7 Å². The summed E-state index contributed by atoms with van der Waals surface area (Å²) in [5.41, 5.74) is 7.07. The maximum atomic E-state index is 17.4. The minimum atomic E-state index is -0.918. The van der Waals surface area contributed by atoms with Gasteiger partial charge in [-0.3, -0.25) is 4.90 Å². The number of nitrogens with two attached hydrogens (primary N) is 1. The average Bonchev–Trinajstić information content (AvgIpc) is 3.85. The molecule has 2 aromatic carbocycles. The minimum absolute atomic E-state index is 0.0348. The van der Waals surface area contributed by atoms with Crippen molar-refractivity contribution in [1.29, 1.82) is 5.26 Å². The van der Waals surface area contributed by atoms with E-state index in [0.717, 1.165) is 50.9 Å². The molecule has 9 rings (SSSR count). The number of nitriles is 1. The average molecular weight is 646 g/mol. The fourth-order valence-electron chi connectivity index (χ4n) is 9.14. The van der Waals surface area contributed by atoms with Crippen molar-refractivity contribution in [3.8, 4) is 23.2 Å². The number of nitrogens with zero attached hydrogens (tertiary/aromatic N) is 6. The molecule has 0 spiro atoms. The Bertz CT molecular complexity index is 2000. The molecule has 3 unspecified atom stereocenters. The molecule has 0 radical (unpaired) electrons. The Morgan fingerprint density at radius 2 is 1.89 bits per heavy atom. The third-order valence-electron chi connectivity index (χ3n) is 11.1. The van der Waals surface area contributed by atoms with Gasteiger partial charge in [-0.2, -0.15) is 15.2 Å². The molecular formula is C34H34F3N7O3. The largest absolute Gasteiger partial charge is 0.461 e. The molecule has 5 aliphatic heterocycles. The summed E-state index contributed by atoms with van der Waals surface area (Å²) in [4.78, 5) is 16.5. The molecule has 0 saturated carbocycles. The molecule has 10 nitrogen and oxygen atoms in total. The minimum Gasteiger partial charge on any atom is -0.461 e. The van der Waals surface area contributed by atoms with Crippen LogP contribution in [0.15, 0.2) is 16.5 Å². The molecule has 4 fully saturated rings. The number of furan rings is 1. The number of likely N-dealkylation sites (tertiary alicyclic amines) is 1. The molecule has 2 N–H and O–H groups in total. The zero-order valence-electron chi connectivity index (χ0n) is 26.0. The number of benzene rings is 2. The lowest BCUT2D eigenvalue weighted by atomic mass is 9.90. The quantitative estimate of drug-likeness (QED) is 0.316. The number of alkyl halides is 1. The van der Waals surface area contributed by atoms with Crippen molar-refractivity contribution in [3.05, 3.63) is 40.5 Å². The molecule has 0 amide bonds. The molecule has 4 atom stereocenters. The van der Waals surface area contributed by atoms with E-state index in [-0.39, 0.29) is 77.0 Å².